The van der Waals surface area contributed by atoms with Crippen molar-refractivity contribution in [2.24, 2.45) is 0 Å². The van der Waals surface area contributed by atoms with Crippen LogP contribution in [0.1, 0.15) is 0 Å². The first-order chi connectivity index (χ1) is 12.4. The summed E-state index contributed by atoms with van der Waals surface area (Å²) in [5, 5.41) is 6.97. The van der Waals surface area contributed by atoms with Crippen molar-refractivity contribution in [1.82, 2.24) is 9.97 Å². The minimum Gasteiger partial charge on any atom is -0.339 e. The molecule has 0 amide bonds. The van der Waals surface area contributed by atoms with Crippen LogP contribution in [0.15, 0.2) is 85.2 Å². The van der Waals surface area contributed by atoms with Crippen molar-refractivity contribution in [2.75, 3.05) is 5.32 Å². The molecule has 118 valence electrons. The quantitative estimate of drug-likeness (QED) is 0.458. The van der Waals surface area contributed by atoms with Crippen LogP contribution in [0.25, 0.3) is 32.8 Å². The molecule has 0 radical (unpaired) electrons. The molecule has 1 aromatic heterocycles. The van der Waals surface area contributed by atoms with Crippen molar-refractivity contribution in [3.05, 3.63) is 85.2 Å². The predicted molar refractivity (Wildman–Crippen MR) is 103 cm³/mol. The number of nitrogens with one attached hydrogen (secondary N) is 1. The number of nitrogens with zero attached hydrogens (tertiary/aromatic N) is 2. The SMILES string of the molecule is c1ccc2cc3ncnc(Nc4cccc5ccccc45)c3c-2cc1. The maximum atomic E-state index is 4.53. The van der Waals surface area contributed by atoms with E-state index in [0.29, 0.717) is 0 Å². The molecule has 25 heavy (non-hydrogen) atoms. The number of aromatic nitrogens is 2. The Hall–Kier alpha value is -3.46. The van der Waals surface area contributed by atoms with Crippen LogP contribution in [0, 0.1) is 0 Å². The zero-order valence-corrected chi connectivity index (χ0v) is 13.5. The lowest BCUT2D eigenvalue weighted by atomic mass is 10.1. The molecule has 2 aliphatic rings. The van der Waals surface area contributed by atoms with Gasteiger partial charge in [0.2, 0.25) is 0 Å². The third-order valence-electron chi connectivity index (χ3n) is 4.55. The van der Waals surface area contributed by atoms with Crippen molar-refractivity contribution < 1.29 is 0 Å². The number of hydrogen-bond acceptors (Lipinski definition) is 3. The summed E-state index contributed by atoms with van der Waals surface area (Å²) >= 11 is 0. The van der Waals surface area contributed by atoms with E-state index < -0.39 is 0 Å². The smallest absolute Gasteiger partial charge is 0.142 e. The van der Waals surface area contributed by atoms with E-state index in [1.54, 1.807) is 6.33 Å². The molecule has 3 nitrogen and oxygen atoms in total. The molecule has 1 heterocycles. The Morgan fingerprint density at radius 2 is 1.56 bits per heavy atom. The Morgan fingerprint density at radius 3 is 2.56 bits per heavy atom. The highest BCUT2D eigenvalue weighted by molar-refractivity contribution is 6.08. The van der Waals surface area contributed by atoms with E-state index in [-0.39, 0.29) is 0 Å². The van der Waals surface area contributed by atoms with Crippen molar-refractivity contribution in [3.8, 4) is 11.1 Å². The molecular weight excluding hydrogens is 306 g/mol. The fourth-order valence-corrected chi connectivity index (χ4v) is 3.39. The molecule has 0 bridgehead atoms. The van der Waals surface area contributed by atoms with Gasteiger partial charge in [-0.05, 0) is 28.6 Å². The van der Waals surface area contributed by atoms with E-state index in [1.807, 2.05) is 12.1 Å². The van der Waals surface area contributed by atoms with Crippen LogP contribution >= 0.6 is 0 Å². The van der Waals surface area contributed by atoms with E-state index in [9.17, 15) is 0 Å². The second kappa shape index (κ2) is 5.56. The molecule has 2 aliphatic carbocycles. The number of rotatable bonds is 2. The molecular formula is C22H15N3. The molecule has 0 unspecified atom stereocenters. The third-order valence-corrected chi connectivity index (χ3v) is 4.55. The largest absolute Gasteiger partial charge is 0.339 e. The van der Waals surface area contributed by atoms with Crippen LogP contribution in [0.3, 0.4) is 0 Å². The van der Waals surface area contributed by atoms with Crippen molar-refractivity contribution >= 4 is 33.2 Å². The first-order valence-electron chi connectivity index (χ1n) is 8.27. The summed E-state index contributed by atoms with van der Waals surface area (Å²) in [5.74, 6) is 0.836. The maximum absolute atomic E-state index is 4.53. The summed E-state index contributed by atoms with van der Waals surface area (Å²) in [5.41, 5.74) is 4.33. The maximum Gasteiger partial charge on any atom is 0.142 e. The van der Waals surface area contributed by atoms with Crippen LogP contribution in [0.4, 0.5) is 11.5 Å². The fourth-order valence-electron chi connectivity index (χ4n) is 3.39. The molecule has 2 aromatic carbocycles. The van der Waals surface area contributed by atoms with E-state index in [4.69, 9.17) is 0 Å². The van der Waals surface area contributed by atoms with Crippen molar-refractivity contribution in [3.63, 3.8) is 0 Å². The van der Waals surface area contributed by atoms with E-state index >= 15 is 0 Å². The highest BCUT2D eigenvalue weighted by Crippen LogP contribution is 2.37. The van der Waals surface area contributed by atoms with Crippen molar-refractivity contribution in [2.45, 2.75) is 0 Å². The Kier molecular flexibility index (Phi) is 3.10. The molecule has 0 spiro atoms. The van der Waals surface area contributed by atoms with Crippen LogP contribution in [-0.2, 0) is 0 Å². The molecule has 3 aromatic rings. The van der Waals surface area contributed by atoms with Gasteiger partial charge in [-0.2, -0.15) is 0 Å². The lowest BCUT2D eigenvalue weighted by molar-refractivity contribution is 1.23. The Balaban J connectivity index is 1.73. The fraction of sp³-hybridized carbons (Fsp3) is 0. The van der Waals surface area contributed by atoms with Gasteiger partial charge in [-0.25, -0.2) is 9.97 Å². The number of fused-ring (bicyclic) bond motifs is 4. The van der Waals surface area contributed by atoms with Gasteiger partial charge in [-0.1, -0.05) is 66.7 Å². The van der Waals surface area contributed by atoms with Gasteiger partial charge >= 0.3 is 0 Å². The second-order valence-corrected chi connectivity index (χ2v) is 6.06. The van der Waals surface area contributed by atoms with E-state index in [0.717, 1.165) is 28.0 Å². The molecule has 0 atom stereocenters. The van der Waals surface area contributed by atoms with Gasteiger partial charge in [-0.15, -0.1) is 0 Å². The predicted octanol–water partition coefficient (Wildman–Crippen LogP) is 5.63. The monoisotopic (exact) mass is 321 g/mol. The summed E-state index contributed by atoms with van der Waals surface area (Å²) in [6.07, 6.45) is 1.62. The van der Waals surface area contributed by atoms with E-state index in [1.165, 1.54) is 16.3 Å². The van der Waals surface area contributed by atoms with E-state index in [2.05, 4.69) is 82.0 Å². The number of anilines is 2. The summed E-state index contributed by atoms with van der Waals surface area (Å²) in [6.45, 7) is 0. The summed E-state index contributed by atoms with van der Waals surface area (Å²) in [7, 11) is 0. The molecule has 3 heteroatoms. The van der Waals surface area contributed by atoms with Crippen LogP contribution < -0.4 is 5.32 Å². The summed E-state index contributed by atoms with van der Waals surface area (Å²) in [4.78, 5) is 8.98. The molecule has 0 fully saturated rings. The van der Waals surface area contributed by atoms with Gasteiger partial charge in [0.1, 0.15) is 12.1 Å². The molecule has 0 saturated carbocycles. The van der Waals surface area contributed by atoms with Gasteiger partial charge in [0, 0.05) is 11.1 Å². The highest BCUT2D eigenvalue weighted by Gasteiger charge is 2.14. The molecule has 0 saturated heterocycles. The molecule has 0 aliphatic heterocycles. The average Bonchev–Trinajstić information content (AvgIpc) is 2.85. The third kappa shape index (κ3) is 2.29. The summed E-state index contributed by atoms with van der Waals surface area (Å²) < 4.78 is 0. The average molecular weight is 321 g/mol. The molecule has 5 rings (SSSR count). The highest BCUT2D eigenvalue weighted by atomic mass is 15.0. The lowest BCUT2D eigenvalue weighted by Crippen LogP contribution is -1.96. The van der Waals surface area contributed by atoms with Crippen LogP contribution in [-0.4, -0.2) is 9.97 Å². The van der Waals surface area contributed by atoms with Gasteiger partial charge in [0.15, 0.2) is 0 Å². The topological polar surface area (TPSA) is 37.8 Å². The summed E-state index contributed by atoms with van der Waals surface area (Å²) in [6, 6.07) is 27.1. The minimum absolute atomic E-state index is 0.836. The number of hydrogen-bond donors (Lipinski definition) is 1. The first-order valence-corrected chi connectivity index (χ1v) is 8.27. The zero-order chi connectivity index (χ0) is 16.6. The lowest BCUT2D eigenvalue weighted by Gasteiger charge is -2.10. The molecule has 1 N–H and O–H groups in total. The van der Waals surface area contributed by atoms with Gasteiger partial charge in [0.05, 0.1) is 10.9 Å². The Morgan fingerprint density at radius 1 is 0.720 bits per heavy atom. The van der Waals surface area contributed by atoms with Gasteiger partial charge < -0.3 is 5.32 Å². The van der Waals surface area contributed by atoms with Crippen LogP contribution in [0.5, 0.6) is 0 Å². The van der Waals surface area contributed by atoms with Crippen molar-refractivity contribution in [1.29, 1.82) is 0 Å². The standard InChI is InChI=1S/C22H15N3/c1-2-8-16-13-20-21(18(16)11-3-1)22(24-14-23-20)25-19-12-6-9-15-7-4-5-10-17(15)19/h1-14H,(H,23,24,25). The Bertz CT molecular complexity index is 1170. The van der Waals surface area contributed by atoms with Crippen LogP contribution in [0.2, 0.25) is 0 Å². The van der Waals surface area contributed by atoms with Gasteiger partial charge in [0.25, 0.3) is 0 Å². The van der Waals surface area contributed by atoms with Gasteiger partial charge in [-0.3, -0.25) is 0 Å². The number of benzene rings is 2. The zero-order valence-electron chi connectivity index (χ0n) is 13.5. The second-order valence-electron chi connectivity index (χ2n) is 6.06. The normalized spacial score (nSPS) is 11.2. The minimum atomic E-state index is 0.836. The first kappa shape index (κ1) is 13.9. The Labute approximate surface area is 145 Å².